The molecule has 0 bridgehead atoms. The van der Waals surface area contributed by atoms with Crippen LogP contribution in [0.25, 0.3) is 0 Å². The molecule has 1 aliphatic rings. The molecule has 0 unspecified atom stereocenters. The van der Waals surface area contributed by atoms with E-state index in [0.717, 1.165) is 0 Å². The van der Waals surface area contributed by atoms with E-state index in [1.807, 2.05) is 0 Å². The first-order valence-electron chi connectivity index (χ1n) is 6.39. The minimum atomic E-state index is -3.03. The zero-order chi connectivity index (χ0) is 15.6. The highest BCUT2D eigenvalue weighted by atomic mass is 32.2. The molecule has 0 radical (unpaired) electrons. The molecule has 7 nitrogen and oxygen atoms in total. The molecule has 1 saturated heterocycles. The Bertz CT molecular complexity index is 670. The van der Waals surface area contributed by atoms with E-state index < -0.39 is 15.8 Å². The molecule has 1 amide bonds. The monoisotopic (exact) mass is 312 g/mol. The van der Waals surface area contributed by atoms with Crippen molar-refractivity contribution in [2.24, 2.45) is 0 Å². The Hall–Kier alpha value is -2.09. The molecule has 0 atom stereocenters. The number of benzene rings is 1. The molecule has 1 fully saturated rings. The van der Waals surface area contributed by atoms with Crippen molar-refractivity contribution in [3.63, 3.8) is 0 Å². The Morgan fingerprint density at radius 2 is 1.86 bits per heavy atom. The number of carbonyl (C=O) groups is 2. The number of aromatic carboxylic acids is 1. The van der Waals surface area contributed by atoms with Crippen molar-refractivity contribution >= 4 is 33.1 Å². The number of rotatable bonds is 3. The first kappa shape index (κ1) is 15.3. The molecule has 1 aromatic carbocycles. The van der Waals surface area contributed by atoms with Gasteiger partial charge < -0.3 is 15.3 Å². The molecule has 1 aliphatic heterocycles. The van der Waals surface area contributed by atoms with Crippen LogP contribution in [0.4, 0.5) is 11.4 Å². The molecule has 114 valence electrons. The number of nitrogens with one attached hydrogen (secondary N) is 1. The fraction of sp³-hybridized carbons (Fsp3) is 0.385. The smallest absolute Gasteiger partial charge is 0.337 e. The second-order valence-corrected chi connectivity index (χ2v) is 7.16. The van der Waals surface area contributed by atoms with Crippen molar-refractivity contribution in [3.8, 4) is 0 Å². The SMILES string of the molecule is CC(=O)Nc1ccc(N2CCS(=O)(=O)CC2)c(C(=O)O)c1. The topological polar surface area (TPSA) is 104 Å². The molecule has 1 heterocycles. The van der Waals surface area contributed by atoms with Gasteiger partial charge in [0.15, 0.2) is 9.84 Å². The quantitative estimate of drug-likeness (QED) is 0.846. The number of anilines is 2. The third-order valence-corrected chi connectivity index (χ3v) is 4.84. The number of amides is 1. The van der Waals surface area contributed by atoms with E-state index in [4.69, 9.17) is 0 Å². The highest BCUT2D eigenvalue weighted by molar-refractivity contribution is 7.91. The average Bonchev–Trinajstić information content (AvgIpc) is 2.38. The first-order valence-corrected chi connectivity index (χ1v) is 8.21. The van der Waals surface area contributed by atoms with Crippen molar-refractivity contribution < 1.29 is 23.1 Å². The number of hydrogen-bond donors (Lipinski definition) is 2. The lowest BCUT2D eigenvalue weighted by Crippen LogP contribution is -2.40. The van der Waals surface area contributed by atoms with Crippen LogP contribution >= 0.6 is 0 Å². The summed E-state index contributed by atoms with van der Waals surface area (Å²) >= 11 is 0. The second kappa shape index (κ2) is 5.72. The summed E-state index contributed by atoms with van der Waals surface area (Å²) in [5.74, 6) is -1.38. The number of carboxylic acid groups (broad SMARTS) is 1. The maximum Gasteiger partial charge on any atom is 0.337 e. The van der Waals surface area contributed by atoms with Gasteiger partial charge in [-0.1, -0.05) is 0 Å². The van der Waals surface area contributed by atoms with Crippen LogP contribution in [0.5, 0.6) is 0 Å². The molecule has 2 N–H and O–H groups in total. The Morgan fingerprint density at radius 3 is 2.38 bits per heavy atom. The predicted molar refractivity (Wildman–Crippen MR) is 78.6 cm³/mol. The molecular formula is C13H16N2O5S. The van der Waals surface area contributed by atoms with Crippen molar-refractivity contribution in [2.75, 3.05) is 34.8 Å². The number of hydrogen-bond acceptors (Lipinski definition) is 5. The van der Waals surface area contributed by atoms with E-state index in [9.17, 15) is 23.1 Å². The van der Waals surface area contributed by atoms with Crippen LogP contribution < -0.4 is 10.2 Å². The molecule has 2 rings (SSSR count). The Labute approximate surface area is 122 Å². The Balaban J connectivity index is 2.31. The van der Waals surface area contributed by atoms with Crippen LogP contribution in [0.2, 0.25) is 0 Å². The zero-order valence-electron chi connectivity index (χ0n) is 11.5. The molecule has 0 spiro atoms. The van der Waals surface area contributed by atoms with Crippen molar-refractivity contribution in [2.45, 2.75) is 6.92 Å². The fourth-order valence-electron chi connectivity index (χ4n) is 2.22. The largest absolute Gasteiger partial charge is 0.478 e. The third kappa shape index (κ3) is 3.72. The molecule has 21 heavy (non-hydrogen) atoms. The van der Waals surface area contributed by atoms with Gasteiger partial charge in [-0.3, -0.25) is 4.79 Å². The maximum absolute atomic E-state index is 11.4. The molecule has 0 aliphatic carbocycles. The van der Waals surface area contributed by atoms with Crippen molar-refractivity contribution in [3.05, 3.63) is 23.8 Å². The number of carbonyl (C=O) groups excluding carboxylic acids is 1. The van der Waals surface area contributed by atoms with Crippen LogP contribution in [-0.2, 0) is 14.6 Å². The lowest BCUT2D eigenvalue weighted by Gasteiger charge is -2.30. The van der Waals surface area contributed by atoms with Crippen LogP contribution in [-0.4, -0.2) is 50.0 Å². The summed E-state index contributed by atoms with van der Waals surface area (Å²) in [4.78, 5) is 24.1. The number of sulfone groups is 1. The molecule has 8 heteroatoms. The van der Waals surface area contributed by atoms with Crippen molar-refractivity contribution in [1.82, 2.24) is 0 Å². The summed E-state index contributed by atoms with van der Waals surface area (Å²) in [5, 5.41) is 11.8. The summed E-state index contributed by atoms with van der Waals surface area (Å²) in [6.45, 7) is 1.87. The van der Waals surface area contributed by atoms with E-state index in [1.165, 1.54) is 13.0 Å². The third-order valence-electron chi connectivity index (χ3n) is 3.23. The van der Waals surface area contributed by atoms with E-state index in [1.54, 1.807) is 17.0 Å². The van der Waals surface area contributed by atoms with Crippen LogP contribution in [0.3, 0.4) is 0 Å². The van der Waals surface area contributed by atoms with Crippen LogP contribution in [0, 0.1) is 0 Å². The van der Waals surface area contributed by atoms with E-state index >= 15 is 0 Å². The highest BCUT2D eigenvalue weighted by Gasteiger charge is 2.25. The Kier molecular flexibility index (Phi) is 4.17. The van der Waals surface area contributed by atoms with Gasteiger partial charge in [-0.25, -0.2) is 13.2 Å². The molecule has 0 saturated carbocycles. The van der Waals surface area contributed by atoms with Crippen LogP contribution in [0.1, 0.15) is 17.3 Å². The minimum Gasteiger partial charge on any atom is -0.478 e. The summed E-state index contributed by atoms with van der Waals surface area (Å²) in [5.41, 5.74) is 0.903. The van der Waals surface area contributed by atoms with Crippen LogP contribution in [0.15, 0.2) is 18.2 Å². The van der Waals surface area contributed by atoms with E-state index in [0.29, 0.717) is 11.4 Å². The lowest BCUT2D eigenvalue weighted by molar-refractivity contribution is -0.114. The van der Waals surface area contributed by atoms with Gasteiger partial charge in [0.25, 0.3) is 0 Å². The summed E-state index contributed by atoms with van der Waals surface area (Å²) in [6.07, 6.45) is 0. The van der Waals surface area contributed by atoms with Gasteiger partial charge in [0.1, 0.15) is 0 Å². The molecule has 0 aromatic heterocycles. The van der Waals surface area contributed by atoms with E-state index in [-0.39, 0.29) is 36.1 Å². The highest BCUT2D eigenvalue weighted by Crippen LogP contribution is 2.26. The van der Waals surface area contributed by atoms with Gasteiger partial charge in [-0.2, -0.15) is 0 Å². The zero-order valence-corrected chi connectivity index (χ0v) is 12.3. The summed E-state index contributed by atoms with van der Waals surface area (Å²) in [6, 6.07) is 4.57. The minimum absolute atomic E-state index is 0.0134. The summed E-state index contributed by atoms with van der Waals surface area (Å²) < 4.78 is 22.9. The van der Waals surface area contributed by atoms with Gasteiger partial charge in [0.2, 0.25) is 5.91 Å². The molecule has 1 aromatic rings. The van der Waals surface area contributed by atoms with Crippen molar-refractivity contribution in [1.29, 1.82) is 0 Å². The maximum atomic E-state index is 11.4. The number of carboxylic acids is 1. The first-order chi connectivity index (χ1) is 9.78. The molecular weight excluding hydrogens is 296 g/mol. The Morgan fingerprint density at radius 1 is 1.24 bits per heavy atom. The lowest BCUT2D eigenvalue weighted by atomic mass is 10.1. The number of nitrogens with zero attached hydrogens (tertiary/aromatic N) is 1. The standard InChI is InChI=1S/C13H16N2O5S/c1-9(16)14-10-2-3-12(11(8-10)13(17)18)15-4-6-21(19,20)7-5-15/h2-3,8H,4-7H2,1H3,(H,14,16)(H,17,18). The fourth-order valence-corrected chi connectivity index (χ4v) is 3.42. The second-order valence-electron chi connectivity index (χ2n) is 4.86. The van der Waals surface area contributed by atoms with Gasteiger partial charge >= 0.3 is 5.97 Å². The normalized spacial score (nSPS) is 17.3. The predicted octanol–water partition coefficient (Wildman–Crippen LogP) is 0.578. The van der Waals surface area contributed by atoms with Gasteiger partial charge in [-0.15, -0.1) is 0 Å². The van der Waals surface area contributed by atoms with Gasteiger partial charge in [-0.05, 0) is 18.2 Å². The van der Waals surface area contributed by atoms with Gasteiger partial charge in [0, 0.05) is 25.7 Å². The van der Waals surface area contributed by atoms with E-state index in [2.05, 4.69) is 5.32 Å². The van der Waals surface area contributed by atoms with Gasteiger partial charge in [0.05, 0.1) is 22.8 Å². The average molecular weight is 312 g/mol. The summed E-state index contributed by atoms with van der Waals surface area (Å²) in [7, 11) is -3.03.